The maximum Gasteiger partial charge on any atom is 0.188 e. The Morgan fingerprint density at radius 2 is 2.25 bits per heavy atom. The van der Waals surface area contributed by atoms with Gasteiger partial charge in [0.1, 0.15) is 10.9 Å². The van der Waals surface area contributed by atoms with Crippen molar-refractivity contribution >= 4 is 28.1 Å². The van der Waals surface area contributed by atoms with Crippen LogP contribution in [-0.2, 0) is 0 Å². The molecule has 0 spiro atoms. The average molecular weight is 257 g/mol. The summed E-state index contributed by atoms with van der Waals surface area (Å²) in [5.41, 5.74) is 5.64. The summed E-state index contributed by atoms with van der Waals surface area (Å²) in [6.07, 6.45) is 2.19. The van der Waals surface area contributed by atoms with E-state index in [2.05, 4.69) is 16.0 Å². The second-order valence-electron chi connectivity index (χ2n) is 3.89. The van der Waals surface area contributed by atoms with Crippen LogP contribution in [0, 0.1) is 17.2 Å². The first-order valence-corrected chi connectivity index (χ1v) is 6.45. The summed E-state index contributed by atoms with van der Waals surface area (Å²) in [4.78, 5) is 6.89. The molecule has 1 aliphatic rings. The molecule has 2 N–H and O–H groups in total. The molecular formula is C10H13ClN4S. The fourth-order valence-electron chi connectivity index (χ4n) is 1.86. The zero-order chi connectivity index (χ0) is 11.5. The first-order chi connectivity index (χ1) is 7.74. The maximum atomic E-state index is 8.81. The Labute approximate surface area is 104 Å². The number of hydrogen-bond donors (Lipinski definition) is 1. The lowest BCUT2D eigenvalue weighted by Crippen LogP contribution is -2.35. The Bertz CT molecular complexity index is 403. The van der Waals surface area contributed by atoms with Crippen molar-refractivity contribution in [1.29, 1.82) is 5.26 Å². The van der Waals surface area contributed by atoms with E-state index < -0.39 is 0 Å². The van der Waals surface area contributed by atoms with Crippen molar-refractivity contribution in [3.63, 3.8) is 0 Å². The number of piperidine rings is 1. The van der Waals surface area contributed by atoms with E-state index in [1.54, 1.807) is 0 Å². The molecule has 0 aromatic carbocycles. The molecule has 1 aromatic rings. The summed E-state index contributed by atoms with van der Waals surface area (Å²) >= 11 is 7.22. The molecule has 0 amide bonds. The van der Waals surface area contributed by atoms with Crippen LogP contribution in [0.5, 0.6) is 0 Å². The summed E-state index contributed by atoms with van der Waals surface area (Å²) < 4.78 is 0. The maximum absolute atomic E-state index is 8.81. The molecule has 0 bridgehead atoms. The lowest BCUT2D eigenvalue weighted by atomic mass is 9.98. The van der Waals surface area contributed by atoms with Gasteiger partial charge in [-0.3, -0.25) is 0 Å². The molecule has 1 fully saturated rings. The molecule has 1 aromatic heterocycles. The molecule has 1 saturated heterocycles. The number of aromatic nitrogens is 1. The van der Waals surface area contributed by atoms with Crippen LogP contribution in [0.15, 0.2) is 0 Å². The molecule has 0 radical (unpaired) electrons. The summed E-state index contributed by atoms with van der Waals surface area (Å²) in [6, 6.07) is 2.05. The Hall–Kier alpha value is -0.830. The van der Waals surface area contributed by atoms with Crippen molar-refractivity contribution in [2.75, 3.05) is 24.5 Å². The van der Waals surface area contributed by atoms with E-state index in [0.717, 1.165) is 37.6 Å². The van der Waals surface area contributed by atoms with Gasteiger partial charge in [0, 0.05) is 13.1 Å². The van der Waals surface area contributed by atoms with E-state index in [-0.39, 0.29) is 0 Å². The van der Waals surface area contributed by atoms with Gasteiger partial charge >= 0.3 is 0 Å². The topological polar surface area (TPSA) is 65.9 Å². The minimum Gasteiger partial charge on any atom is -0.348 e. The molecule has 16 heavy (non-hydrogen) atoms. The van der Waals surface area contributed by atoms with E-state index >= 15 is 0 Å². The number of halogens is 1. The fraction of sp³-hybridized carbons (Fsp3) is 0.600. The second kappa shape index (κ2) is 5.00. The lowest BCUT2D eigenvalue weighted by Gasteiger charge is -2.30. The minimum absolute atomic E-state index is 0.323. The molecule has 6 heteroatoms. The number of nitrogens with two attached hydrogens (primary N) is 1. The highest BCUT2D eigenvalue weighted by atomic mass is 35.5. The molecule has 0 unspecified atom stereocenters. The molecular weight excluding hydrogens is 244 g/mol. The average Bonchev–Trinajstić information content (AvgIpc) is 2.71. The Morgan fingerprint density at radius 1 is 1.56 bits per heavy atom. The quantitative estimate of drug-likeness (QED) is 0.877. The zero-order valence-corrected chi connectivity index (χ0v) is 10.4. The number of nitrogens with zero attached hydrogens (tertiary/aromatic N) is 3. The van der Waals surface area contributed by atoms with Crippen LogP contribution in [0.1, 0.15) is 17.7 Å². The van der Waals surface area contributed by atoms with Gasteiger partial charge in [0.25, 0.3) is 0 Å². The number of nitriles is 1. The van der Waals surface area contributed by atoms with Crippen molar-refractivity contribution in [1.82, 2.24) is 4.98 Å². The summed E-state index contributed by atoms with van der Waals surface area (Å²) in [7, 11) is 0. The van der Waals surface area contributed by atoms with Gasteiger partial charge in [-0.05, 0) is 25.3 Å². The second-order valence-corrected chi connectivity index (χ2v) is 5.23. The van der Waals surface area contributed by atoms with E-state index in [1.165, 1.54) is 11.3 Å². The molecule has 2 heterocycles. The third-order valence-electron chi connectivity index (χ3n) is 2.89. The predicted octanol–water partition coefficient (Wildman–Crippen LogP) is 1.84. The van der Waals surface area contributed by atoms with Crippen molar-refractivity contribution < 1.29 is 0 Å². The Balaban J connectivity index is 2.06. The highest BCUT2D eigenvalue weighted by Crippen LogP contribution is 2.31. The summed E-state index contributed by atoms with van der Waals surface area (Å²) in [6.45, 7) is 2.67. The van der Waals surface area contributed by atoms with Crippen LogP contribution >= 0.6 is 22.9 Å². The van der Waals surface area contributed by atoms with Crippen molar-refractivity contribution in [2.24, 2.45) is 11.7 Å². The molecule has 0 aliphatic carbocycles. The van der Waals surface area contributed by atoms with E-state index in [1.807, 2.05) is 0 Å². The van der Waals surface area contributed by atoms with E-state index in [4.69, 9.17) is 22.6 Å². The van der Waals surface area contributed by atoms with Gasteiger partial charge < -0.3 is 10.6 Å². The van der Waals surface area contributed by atoms with Crippen LogP contribution < -0.4 is 10.6 Å². The normalized spacial score (nSPS) is 17.4. The van der Waals surface area contributed by atoms with E-state index in [9.17, 15) is 0 Å². The first kappa shape index (κ1) is 11.6. The molecule has 0 saturated carbocycles. The SMILES string of the molecule is N#Cc1sc(N2CCC(CN)CC2)nc1Cl. The van der Waals surface area contributed by atoms with Crippen LogP contribution in [0.4, 0.5) is 5.13 Å². The van der Waals surface area contributed by atoms with Crippen LogP contribution in [-0.4, -0.2) is 24.6 Å². The Morgan fingerprint density at radius 3 is 2.75 bits per heavy atom. The molecule has 0 atom stereocenters. The Kier molecular flexibility index (Phi) is 3.64. The number of thiazole rings is 1. The van der Waals surface area contributed by atoms with Crippen molar-refractivity contribution in [3.8, 4) is 6.07 Å². The van der Waals surface area contributed by atoms with Gasteiger partial charge in [-0.15, -0.1) is 0 Å². The highest BCUT2D eigenvalue weighted by Gasteiger charge is 2.21. The minimum atomic E-state index is 0.323. The fourth-order valence-corrected chi connectivity index (χ4v) is 2.95. The first-order valence-electron chi connectivity index (χ1n) is 5.26. The number of anilines is 1. The van der Waals surface area contributed by atoms with E-state index in [0.29, 0.717) is 15.9 Å². The predicted molar refractivity (Wildman–Crippen MR) is 65.8 cm³/mol. The largest absolute Gasteiger partial charge is 0.348 e. The monoisotopic (exact) mass is 256 g/mol. The van der Waals surface area contributed by atoms with Gasteiger partial charge in [0.05, 0.1) is 0 Å². The number of hydrogen-bond acceptors (Lipinski definition) is 5. The van der Waals surface area contributed by atoms with Crippen molar-refractivity contribution in [3.05, 3.63) is 10.0 Å². The van der Waals surface area contributed by atoms with Gasteiger partial charge in [-0.2, -0.15) is 5.26 Å². The van der Waals surface area contributed by atoms with Crippen molar-refractivity contribution in [2.45, 2.75) is 12.8 Å². The standard InChI is InChI=1S/C10H13ClN4S/c11-9-8(6-13)16-10(14-9)15-3-1-7(5-12)2-4-15/h7H,1-5,12H2. The smallest absolute Gasteiger partial charge is 0.188 e. The molecule has 1 aliphatic heterocycles. The molecule has 86 valence electrons. The summed E-state index contributed by atoms with van der Waals surface area (Å²) in [5.74, 6) is 0.627. The number of rotatable bonds is 2. The van der Waals surface area contributed by atoms with Gasteiger partial charge in [-0.1, -0.05) is 22.9 Å². The van der Waals surface area contributed by atoms with Gasteiger partial charge in [-0.25, -0.2) is 4.98 Å². The highest BCUT2D eigenvalue weighted by molar-refractivity contribution is 7.16. The third kappa shape index (κ3) is 2.29. The van der Waals surface area contributed by atoms with Gasteiger partial charge in [0.15, 0.2) is 10.3 Å². The van der Waals surface area contributed by atoms with Crippen LogP contribution in [0.2, 0.25) is 5.15 Å². The zero-order valence-electron chi connectivity index (χ0n) is 8.82. The lowest BCUT2D eigenvalue weighted by molar-refractivity contribution is 0.414. The van der Waals surface area contributed by atoms with Gasteiger partial charge in [0.2, 0.25) is 0 Å². The van der Waals surface area contributed by atoms with Crippen LogP contribution in [0.25, 0.3) is 0 Å². The molecule has 4 nitrogen and oxygen atoms in total. The molecule has 2 rings (SSSR count). The third-order valence-corrected chi connectivity index (χ3v) is 4.30. The summed E-state index contributed by atoms with van der Waals surface area (Å²) in [5, 5.41) is 9.99. The van der Waals surface area contributed by atoms with Crippen LogP contribution in [0.3, 0.4) is 0 Å².